The van der Waals surface area contributed by atoms with Crippen molar-refractivity contribution in [3.63, 3.8) is 0 Å². The van der Waals surface area contributed by atoms with E-state index in [2.05, 4.69) is 16.4 Å². The van der Waals surface area contributed by atoms with Crippen molar-refractivity contribution in [3.05, 3.63) is 65.9 Å². The Hall–Kier alpha value is -3.28. The van der Waals surface area contributed by atoms with Crippen molar-refractivity contribution in [2.45, 2.75) is 33.9 Å². The predicted molar refractivity (Wildman–Crippen MR) is 117 cm³/mol. The van der Waals surface area contributed by atoms with Gasteiger partial charge in [-0.3, -0.25) is 4.79 Å². The second kappa shape index (κ2) is 9.28. The molecule has 152 valence electrons. The summed E-state index contributed by atoms with van der Waals surface area (Å²) < 4.78 is 0. The lowest BCUT2D eigenvalue weighted by Gasteiger charge is -2.22. The van der Waals surface area contributed by atoms with Crippen molar-refractivity contribution in [1.29, 1.82) is 0 Å². The molecule has 0 aliphatic heterocycles. The van der Waals surface area contributed by atoms with Crippen LogP contribution in [0.3, 0.4) is 0 Å². The third-order valence-corrected chi connectivity index (χ3v) is 5.04. The third kappa shape index (κ3) is 5.16. The molecule has 0 bridgehead atoms. The molecule has 0 fully saturated rings. The zero-order valence-electron chi connectivity index (χ0n) is 17.2. The number of anilines is 1. The minimum absolute atomic E-state index is 0.0403. The van der Waals surface area contributed by atoms with Gasteiger partial charge in [-0.1, -0.05) is 18.2 Å². The lowest BCUT2D eigenvalue weighted by Crippen LogP contribution is -2.34. The van der Waals surface area contributed by atoms with Crippen LogP contribution in [-0.4, -0.2) is 39.8 Å². The molecule has 0 saturated carbocycles. The average molecular weight is 393 g/mol. The molecule has 0 radical (unpaired) electrons. The van der Waals surface area contributed by atoms with Crippen LogP contribution in [0.4, 0.5) is 10.5 Å². The molecule has 0 spiro atoms. The van der Waals surface area contributed by atoms with Crippen LogP contribution >= 0.6 is 0 Å². The highest BCUT2D eigenvalue weighted by molar-refractivity contribution is 5.89. The average Bonchev–Trinajstić information content (AvgIpc) is 3.18. The predicted octanol–water partition coefficient (Wildman–Crippen LogP) is 4.59. The van der Waals surface area contributed by atoms with Gasteiger partial charge in [-0.2, -0.15) is 0 Å². The van der Waals surface area contributed by atoms with Gasteiger partial charge in [-0.25, -0.2) is 4.79 Å². The molecular weight excluding hydrogens is 364 g/mol. The Balaban J connectivity index is 1.67. The standard InChI is InChI=1S/C23H28N4O2/c1-4-26(17(3)28)15-18-7-6-8-21(14-18)25-23(29)27(5-2)16-19-9-10-22-20(13-19)11-12-24-22/h6-14,24H,4-5,15-16H2,1-3H3,(H,25,29). The zero-order valence-corrected chi connectivity index (χ0v) is 17.2. The fourth-order valence-corrected chi connectivity index (χ4v) is 3.36. The van der Waals surface area contributed by atoms with Crippen molar-refractivity contribution in [3.8, 4) is 0 Å². The van der Waals surface area contributed by atoms with E-state index in [1.165, 1.54) is 0 Å². The molecule has 0 saturated heterocycles. The van der Waals surface area contributed by atoms with Gasteiger partial charge in [0, 0.05) is 50.5 Å². The molecular formula is C23H28N4O2. The Morgan fingerprint density at radius 1 is 0.931 bits per heavy atom. The summed E-state index contributed by atoms with van der Waals surface area (Å²) in [6, 6.07) is 15.7. The molecule has 1 heterocycles. The van der Waals surface area contributed by atoms with E-state index in [4.69, 9.17) is 0 Å². The van der Waals surface area contributed by atoms with Crippen molar-refractivity contribution >= 4 is 28.5 Å². The summed E-state index contributed by atoms with van der Waals surface area (Å²) >= 11 is 0. The Morgan fingerprint density at radius 2 is 1.66 bits per heavy atom. The summed E-state index contributed by atoms with van der Waals surface area (Å²) in [7, 11) is 0. The molecule has 3 rings (SSSR count). The summed E-state index contributed by atoms with van der Waals surface area (Å²) in [6.07, 6.45) is 1.91. The largest absolute Gasteiger partial charge is 0.361 e. The number of hydrogen-bond donors (Lipinski definition) is 2. The maximum absolute atomic E-state index is 12.8. The Bertz CT molecular complexity index is 995. The molecule has 2 aromatic carbocycles. The van der Waals surface area contributed by atoms with Gasteiger partial charge in [0.15, 0.2) is 0 Å². The molecule has 0 atom stereocenters. The van der Waals surface area contributed by atoms with Crippen LogP contribution in [0.15, 0.2) is 54.7 Å². The summed E-state index contributed by atoms with van der Waals surface area (Å²) in [5.41, 5.74) is 3.89. The number of hydrogen-bond acceptors (Lipinski definition) is 2. The minimum Gasteiger partial charge on any atom is -0.361 e. The lowest BCUT2D eigenvalue weighted by atomic mass is 10.1. The number of amides is 3. The first-order valence-corrected chi connectivity index (χ1v) is 9.96. The number of aromatic amines is 1. The van der Waals surface area contributed by atoms with Gasteiger partial charge >= 0.3 is 6.03 Å². The van der Waals surface area contributed by atoms with E-state index in [0.29, 0.717) is 26.2 Å². The van der Waals surface area contributed by atoms with E-state index in [-0.39, 0.29) is 11.9 Å². The number of fused-ring (bicyclic) bond motifs is 1. The van der Waals surface area contributed by atoms with Gasteiger partial charge in [0.25, 0.3) is 0 Å². The van der Waals surface area contributed by atoms with Gasteiger partial charge in [0.05, 0.1) is 0 Å². The van der Waals surface area contributed by atoms with Gasteiger partial charge in [0.2, 0.25) is 5.91 Å². The highest BCUT2D eigenvalue weighted by atomic mass is 16.2. The summed E-state index contributed by atoms with van der Waals surface area (Å²) in [5.74, 6) is 0.0403. The van der Waals surface area contributed by atoms with E-state index in [1.54, 1.807) is 16.7 Å². The van der Waals surface area contributed by atoms with Gasteiger partial charge < -0.3 is 20.1 Å². The highest BCUT2D eigenvalue weighted by Gasteiger charge is 2.14. The van der Waals surface area contributed by atoms with Crippen LogP contribution < -0.4 is 5.32 Å². The molecule has 3 amide bonds. The SMILES string of the molecule is CCN(Cc1cccc(NC(=O)N(CC)Cc2ccc3[nH]ccc3c2)c1)C(C)=O. The summed E-state index contributed by atoms with van der Waals surface area (Å²) in [5, 5.41) is 4.12. The van der Waals surface area contributed by atoms with Crippen LogP contribution in [0.25, 0.3) is 10.9 Å². The molecule has 6 nitrogen and oxygen atoms in total. The van der Waals surface area contributed by atoms with E-state index >= 15 is 0 Å². The number of carbonyl (C=O) groups excluding carboxylic acids is 2. The Kier molecular flexibility index (Phi) is 6.54. The van der Waals surface area contributed by atoms with Gasteiger partial charge in [0.1, 0.15) is 0 Å². The number of nitrogens with zero attached hydrogens (tertiary/aromatic N) is 2. The number of benzene rings is 2. The fourth-order valence-electron chi connectivity index (χ4n) is 3.36. The maximum Gasteiger partial charge on any atom is 0.322 e. The van der Waals surface area contributed by atoms with Gasteiger partial charge in [-0.15, -0.1) is 0 Å². The Labute approximate surface area is 171 Å². The molecule has 29 heavy (non-hydrogen) atoms. The van der Waals surface area contributed by atoms with E-state index in [0.717, 1.165) is 27.7 Å². The first-order valence-electron chi connectivity index (χ1n) is 9.96. The van der Waals surface area contributed by atoms with Crippen LogP contribution in [-0.2, 0) is 17.9 Å². The topological polar surface area (TPSA) is 68.4 Å². The van der Waals surface area contributed by atoms with Crippen molar-refractivity contribution in [2.24, 2.45) is 0 Å². The lowest BCUT2D eigenvalue weighted by molar-refractivity contribution is -0.129. The normalized spacial score (nSPS) is 10.7. The summed E-state index contributed by atoms with van der Waals surface area (Å²) in [6.45, 7) is 7.82. The van der Waals surface area contributed by atoms with Crippen molar-refractivity contribution in [2.75, 3.05) is 18.4 Å². The fraction of sp³-hybridized carbons (Fsp3) is 0.304. The number of carbonyl (C=O) groups is 2. The molecule has 1 aromatic heterocycles. The number of rotatable bonds is 7. The quantitative estimate of drug-likeness (QED) is 0.617. The van der Waals surface area contributed by atoms with Crippen molar-refractivity contribution in [1.82, 2.24) is 14.8 Å². The van der Waals surface area contributed by atoms with E-state index < -0.39 is 0 Å². The maximum atomic E-state index is 12.8. The van der Waals surface area contributed by atoms with Crippen LogP contribution in [0.1, 0.15) is 31.9 Å². The second-order valence-electron chi connectivity index (χ2n) is 7.08. The molecule has 0 aliphatic carbocycles. The first kappa shape index (κ1) is 20.5. The molecule has 6 heteroatoms. The molecule has 3 aromatic rings. The van der Waals surface area contributed by atoms with Crippen LogP contribution in [0.5, 0.6) is 0 Å². The molecule has 0 aliphatic rings. The van der Waals surface area contributed by atoms with Crippen LogP contribution in [0, 0.1) is 0 Å². The Morgan fingerprint density at radius 3 is 2.38 bits per heavy atom. The van der Waals surface area contributed by atoms with Crippen molar-refractivity contribution < 1.29 is 9.59 Å². The second-order valence-corrected chi connectivity index (χ2v) is 7.08. The monoisotopic (exact) mass is 392 g/mol. The number of urea groups is 1. The smallest absolute Gasteiger partial charge is 0.322 e. The highest BCUT2D eigenvalue weighted by Crippen LogP contribution is 2.17. The summed E-state index contributed by atoms with van der Waals surface area (Å²) in [4.78, 5) is 31.2. The third-order valence-electron chi connectivity index (χ3n) is 5.04. The van der Waals surface area contributed by atoms with E-state index in [9.17, 15) is 9.59 Å². The van der Waals surface area contributed by atoms with Gasteiger partial charge in [-0.05, 0) is 60.7 Å². The zero-order chi connectivity index (χ0) is 20.8. The first-order chi connectivity index (χ1) is 14.0. The van der Waals surface area contributed by atoms with E-state index in [1.807, 2.05) is 62.5 Å². The minimum atomic E-state index is -0.141. The number of nitrogens with one attached hydrogen (secondary N) is 2. The molecule has 2 N–H and O–H groups in total. The van der Waals surface area contributed by atoms with Crippen LogP contribution in [0.2, 0.25) is 0 Å². The number of H-pyrrole nitrogens is 1. The number of aromatic nitrogens is 1. The molecule has 0 unspecified atom stereocenters.